The lowest BCUT2D eigenvalue weighted by atomic mass is 9.98. The molecule has 4 aromatic carbocycles. The van der Waals surface area contributed by atoms with Gasteiger partial charge in [-0.3, -0.25) is 4.79 Å². The number of fused-ring (bicyclic) bond motifs is 4. The minimum atomic E-state index is 0.0498. The number of ether oxygens (including phenoxy) is 1. The van der Waals surface area contributed by atoms with Gasteiger partial charge in [-0.2, -0.15) is 0 Å². The first-order valence-corrected chi connectivity index (χ1v) is 10.4. The summed E-state index contributed by atoms with van der Waals surface area (Å²) < 4.78 is 7.87. The van der Waals surface area contributed by atoms with Crippen molar-refractivity contribution in [2.24, 2.45) is 0 Å². The van der Waals surface area contributed by atoms with Gasteiger partial charge in [0.2, 0.25) is 0 Å². The van der Waals surface area contributed by atoms with E-state index in [1.54, 1.807) is 0 Å². The van der Waals surface area contributed by atoms with Crippen LogP contribution in [0.5, 0.6) is 0 Å². The summed E-state index contributed by atoms with van der Waals surface area (Å²) in [6, 6.07) is 28.4. The summed E-state index contributed by atoms with van der Waals surface area (Å²) in [6.07, 6.45) is 0. The normalized spacial score (nSPS) is 11.5. The molecule has 3 heteroatoms. The zero-order valence-corrected chi connectivity index (χ0v) is 17.0. The van der Waals surface area contributed by atoms with Crippen molar-refractivity contribution in [2.75, 3.05) is 13.2 Å². The Morgan fingerprint density at radius 3 is 2.33 bits per heavy atom. The van der Waals surface area contributed by atoms with Crippen molar-refractivity contribution in [3.8, 4) is 0 Å². The summed E-state index contributed by atoms with van der Waals surface area (Å²) in [7, 11) is 0. The molecule has 0 saturated heterocycles. The van der Waals surface area contributed by atoms with Crippen LogP contribution in [0.15, 0.2) is 84.9 Å². The first-order valence-electron chi connectivity index (χ1n) is 10.4. The molecule has 30 heavy (non-hydrogen) atoms. The van der Waals surface area contributed by atoms with Crippen LogP contribution in [0.3, 0.4) is 0 Å². The third kappa shape index (κ3) is 3.17. The average Bonchev–Trinajstić information content (AvgIpc) is 3.11. The molecule has 5 aromatic rings. The molecule has 0 aliphatic rings. The zero-order chi connectivity index (χ0) is 20.5. The molecular weight excluding hydrogens is 370 g/mol. The minimum Gasteiger partial charge on any atom is -0.380 e. The number of rotatable bonds is 6. The highest BCUT2D eigenvalue weighted by molar-refractivity contribution is 6.15. The summed E-state index contributed by atoms with van der Waals surface area (Å²) in [6.45, 7) is 4.18. The number of carbonyl (C=O) groups is 1. The summed E-state index contributed by atoms with van der Waals surface area (Å²) in [4.78, 5) is 13.3. The predicted octanol–water partition coefficient (Wildman–Crippen LogP) is 6.22. The number of hydrogen-bond donors (Lipinski definition) is 0. The zero-order valence-electron chi connectivity index (χ0n) is 17.0. The molecule has 0 N–H and O–H groups in total. The van der Waals surface area contributed by atoms with Crippen LogP contribution in [-0.4, -0.2) is 23.6 Å². The Hall–Kier alpha value is -3.43. The molecule has 0 unspecified atom stereocenters. The highest BCUT2D eigenvalue weighted by Gasteiger charge is 2.15. The fourth-order valence-corrected chi connectivity index (χ4v) is 4.23. The van der Waals surface area contributed by atoms with Crippen LogP contribution in [-0.2, 0) is 11.3 Å². The Morgan fingerprint density at radius 2 is 1.47 bits per heavy atom. The van der Waals surface area contributed by atoms with Crippen LogP contribution in [0, 0.1) is 0 Å². The molecule has 0 fully saturated rings. The van der Waals surface area contributed by atoms with Crippen molar-refractivity contribution < 1.29 is 9.53 Å². The third-order valence-electron chi connectivity index (χ3n) is 5.71. The molecule has 0 radical (unpaired) electrons. The molecule has 1 heterocycles. The number of ketones is 1. The lowest BCUT2D eigenvalue weighted by Gasteiger charge is -2.08. The predicted molar refractivity (Wildman–Crippen MR) is 123 cm³/mol. The van der Waals surface area contributed by atoms with E-state index in [4.69, 9.17) is 4.74 Å². The standard InChI is InChI=1S/C27H23NO2/c1-2-30-16-15-28-25-10-6-5-9-23(25)24-18-22(13-14-26(24)28)27(29)21-12-11-19-7-3-4-8-20(19)17-21/h3-14,17-18H,2,15-16H2,1H3. The Morgan fingerprint density at radius 1 is 0.767 bits per heavy atom. The van der Waals surface area contributed by atoms with Gasteiger partial charge in [0.05, 0.1) is 6.61 Å². The van der Waals surface area contributed by atoms with Crippen LogP contribution in [0.2, 0.25) is 0 Å². The van der Waals surface area contributed by atoms with Gasteiger partial charge in [-0.1, -0.05) is 54.6 Å². The molecule has 0 spiro atoms. The van der Waals surface area contributed by atoms with Crippen molar-refractivity contribution in [2.45, 2.75) is 13.5 Å². The summed E-state index contributed by atoms with van der Waals surface area (Å²) >= 11 is 0. The lowest BCUT2D eigenvalue weighted by molar-refractivity contribution is 0.103. The number of carbonyl (C=O) groups excluding carboxylic acids is 1. The molecule has 1 aromatic heterocycles. The molecule has 0 saturated carbocycles. The first kappa shape index (κ1) is 18.6. The molecular formula is C27H23NO2. The van der Waals surface area contributed by atoms with Crippen LogP contribution in [0.1, 0.15) is 22.8 Å². The average molecular weight is 393 g/mol. The monoisotopic (exact) mass is 393 g/mol. The second-order valence-corrected chi connectivity index (χ2v) is 7.49. The van der Waals surface area contributed by atoms with E-state index in [-0.39, 0.29) is 5.78 Å². The second kappa shape index (κ2) is 7.77. The topological polar surface area (TPSA) is 31.2 Å². The molecule has 0 aliphatic carbocycles. The maximum absolute atomic E-state index is 13.3. The van der Waals surface area contributed by atoms with Crippen LogP contribution < -0.4 is 0 Å². The molecule has 0 atom stereocenters. The van der Waals surface area contributed by atoms with Crippen molar-refractivity contribution in [1.82, 2.24) is 4.57 Å². The van der Waals surface area contributed by atoms with E-state index in [1.165, 1.54) is 5.52 Å². The third-order valence-corrected chi connectivity index (χ3v) is 5.71. The van der Waals surface area contributed by atoms with Gasteiger partial charge in [-0.15, -0.1) is 0 Å². The number of aromatic nitrogens is 1. The highest BCUT2D eigenvalue weighted by atomic mass is 16.5. The molecule has 0 aliphatic heterocycles. The largest absolute Gasteiger partial charge is 0.380 e. The number of para-hydroxylation sites is 1. The molecule has 3 nitrogen and oxygen atoms in total. The van der Waals surface area contributed by atoms with Crippen LogP contribution in [0.25, 0.3) is 32.6 Å². The van der Waals surface area contributed by atoms with E-state index in [0.717, 1.165) is 33.6 Å². The van der Waals surface area contributed by atoms with Gasteiger partial charge >= 0.3 is 0 Å². The van der Waals surface area contributed by atoms with Gasteiger partial charge in [-0.05, 0) is 48.0 Å². The maximum Gasteiger partial charge on any atom is 0.193 e. The molecule has 0 amide bonds. The summed E-state index contributed by atoms with van der Waals surface area (Å²) in [5, 5.41) is 4.49. The van der Waals surface area contributed by atoms with E-state index in [2.05, 4.69) is 34.9 Å². The van der Waals surface area contributed by atoms with Crippen LogP contribution in [0.4, 0.5) is 0 Å². The Bertz CT molecular complexity index is 1380. The van der Waals surface area contributed by atoms with Gasteiger partial charge in [0.25, 0.3) is 0 Å². The van der Waals surface area contributed by atoms with E-state index in [1.807, 2.05) is 61.5 Å². The molecule has 148 valence electrons. The van der Waals surface area contributed by atoms with Crippen molar-refractivity contribution in [3.63, 3.8) is 0 Å². The number of nitrogens with zero attached hydrogens (tertiary/aromatic N) is 1. The van der Waals surface area contributed by atoms with Crippen molar-refractivity contribution in [3.05, 3.63) is 96.1 Å². The number of hydrogen-bond acceptors (Lipinski definition) is 2. The van der Waals surface area contributed by atoms with Gasteiger partial charge < -0.3 is 9.30 Å². The quantitative estimate of drug-likeness (QED) is 0.253. The van der Waals surface area contributed by atoms with Gasteiger partial charge in [0.1, 0.15) is 0 Å². The number of benzene rings is 4. The Kier molecular flexibility index (Phi) is 4.82. The van der Waals surface area contributed by atoms with Gasteiger partial charge in [0.15, 0.2) is 5.78 Å². The fraction of sp³-hybridized carbons (Fsp3) is 0.148. The van der Waals surface area contributed by atoms with Crippen molar-refractivity contribution >= 4 is 38.4 Å². The highest BCUT2D eigenvalue weighted by Crippen LogP contribution is 2.30. The maximum atomic E-state index is 13.3. The van der Waals surface area contributed by atoms with Gasteiger partial charge in [-0.25, -0.2) is 0 Å². The smallest absolute Gasteiger partial charge is 0.193 e. The summed E-state index contributed by atoms with van der Waals surface area (Å²) in [5.74, 6) is 0.0498. The molecule has 0 bridgehead atoms. The fourth-order valence-electron chi connectivity index (χ4n) is 4.23. The van der Waals surface area contributed by atoms with E-state index < -0.39 is 0 Å². The van der Waals surface area contributed by atoms with Crippen LogP contribution >= 0.6 is 0 Å². The SMILES string of the molecule is CCOCCn1c2ccccc2c2cc(C(=O)c3ccc4ccccc4c3)ccc21. The second-order valence-electron chi connectivity index (χ2n) is 7.49. The first-order chi connectivity index (χ1) is 14.8. The van der Waals surface area contributed by atoms with Gasteiger partial charge in [0, 0.05) is 46.1 Å². The minimum absolute atomic E-state index is 0.0498. The van der Waals surface area contributed by atoms with E-state index in [9.17, 15) is 4.79 Å². The Labute approximate surface area is 175 Å². The van der Waals surface area contributed by atoms with Crippen molar-refractivity contribution in [1.29, 1.82) is 0 Å². The molecule has 5 rings (SSSR count). The summed E-state index contributed by atoms with van der Waals surface area (Å²) in [5.41, 5.74) is 3.73. The lowest BCUT2D eigenvalue weighted by Crippen LogP contribution is -2.06. The van der Waals surface area contributed by atoms with E-state index in [0.29, 0.717) is 24.3 Å². The Balaban J connectivity index is 1.60. The van der Waals surface area contributed by atoms with E-state index >= 15 is 0 Å².